The van der Waals surface area contributed by atoms with Gasteiger partial charge in [-0.25, -0.2) is 0 Å². The van der Waals surface area contributed by atoms with E-state index in [9.17, 15) is 9.59 Å². The highest BCUT2D eigenvalue weighted by Crippen LogP contribution is 2.20. The van der Waals surface area contributed by atoms with Gasteiger partial charge in [-0.05, 0) is 63.1 Å². The lowest BCUT2D eigenvalue weighted by Crippen LogP contribution is -2.25. The highest BCUT2D eigenvalue weighted by Gasteiger charge is 2.13. The van der Waals surface area contributed by atoms with E-state index in [0.717, 1.165) is 22.9 Å². The standard InChI is InChI=1S/C24H27N3O3/c1-4-30-12-6-11-25-23(28)19-7-5-8-20(14-19)27-24(29)21-15-18-10-9-16(2)13-22(18)26-17(21)3/h5,7-10,13-15H,4,6,11-12H2,1-3H3,(H,25,28)(H,27,29). The molecule has 1 heterocycles. The Balaban J connectivity index is 1.69. The second-order valence-corrected chi connectivity index (χ2v) is 7.16. The number of aromatic nitrogens is 1. The van der Waals surface area contributed by atoms with Gasteiger partial charge in [0.15, 0.2) is 0 Å². The minimum Gasteiger partial charge on any atom is -0.382 e. The van der Waals surface area contributed by atoms with Crippen LogP contribution in [0.3, 0.4) is 0 Å². The van der Waals surface area contributed by atoms with Crippen LogP contribution in [-0.4, -0.2) is 36.6 Å². The van der Waals surface area contributed by atoms with Gasteiger partial charge in [0.2, 0.25) is 0 Å². The van der Waals surface area contributed by atoms with Crippen molar-refractivity contribution >= 4 is 28.4 Å². The average molecular weight is 405 g/mol. The monoisotopic (exact) mass is 405 g/mol. The fourth-order valence-electron chi connectivity index (χ4n) is 3.16. The van der Waals surface area contributed by atoms with E-state index in [-0.39, 0.29) is 11.8 Å². The fourth-order valence-corrected chi connectivity index (χ4v) is 3.16. The molecule has 0 spiro atoms. The number of rotatable bonds is 8. The molecule has 3 rings (SSSR count). The minimum atomic E-state index is -0.253. The normalized spacial score (nSPS) is 10.8. The summed E-state index contributed by atoms with van der Waals surface area (Å²) in [6.07, 6.45) is 0.754. The molecule has 0 radical (unpaired) electrons. The third kappa shape index (κ3) is 5.42. The highest BCUT2D eigenvalue weighted by atomic mass is 16.5. The molecule has 0 atom stereocenters. The third-order valence-electron chi connectivity index (χ3n) is 4.75. The van der Waals surface area contributed by atoms with E-state index in [2.05, 4.69) is 15.6 Å². The van der Waals surface area contributed by atoms with E-state index in [1.165, 1.54) is 0 Å². The van der Waals surface area contributed by atoms with Crippen molar-refractivity contribution in [2.75, 3.05) is 25.1 Å². The van der Waals surface area contributed by atoms with Crippen molar-refractivity contribution in [2.45, 2.75) is 27.2 Å². The molecule has 1 aromatic heterocycles. The van der Waals surface area contributed by atoms with Crippen molar-refractivity contribution in [1.82, 2.24) is 10.3 Å². The fraction of sp³-hybridized carbons (Fsp3) is 0.292. The van der Waals surface area contributed by atoms with Crippen molar-refractivity contribution < 1.29 is 14.3 Å². The van der Waals surface area contributed by atoms with Gasteiger partial charge in [-0.3, -0.25) is 14.6 Å². The van der Waals surface area contributed by atoms with E-state index in [1.54, 1.807) is 24.3 Å². The largest absolute Gasteiger partial charge is 0.382 e. The van der Waals surface area contributed by atoms with Gasteiger partial charge in [0.1, 0.15) is 0 Å². The van der Waals surface area contributed by atoms with Crippen LogP contribution in [0.5, 0.6) is 0 Å². The zero-order valence-electron chi connectivity index (χ0n) is 17.6. The zero-order valence-corrected chi connectivity index (χ0v) is 17.6. The number of hydrogen-bond donors (Lipinski definition) is 2. The number of pyridine rings is 1. The lowest BCUT2D eigenvalue weighted by Gasteiger charge is -2.11. The number of nitrogens with zero attached hydrogens (tertiary/aromatic N) is 1. The first-order valence-electron chi connectivity index (χ1n) is 10.1. The van der Waals surface area contributed by atoms with E-state index in [0.29, 0.717) is 42.3 Å². The first kappa shape index (κ1) is 21.5. The minimum absolute atomic E-state index is 0.179. The average Bonchev–Trinajstić information content (AvgIpc) is 2.73. The van der Waals surface area contributed by atoms with Crippen LogP contribution in [0, 0.1) is 13.8 Å². The van der Waals surface area contributed by atoms with Gasteiger partial charge in [-0.1, -0.05) is 18.2 Å². The van der Waals surface area contributed by atoms with Crippen LogP contribution in [0.25, 0.3) is 10.9 Å². The SMILES string of the molecule is CCOCCCNC(=O)c1cccc(NC(=O)c2cc3ccc(C)cc3nc2C)c1. The molecule has 6 heteroatoms. The van der Waals surface area contributed by atoms with Crippen LogP contribution in [0.1, 0.15) is 45.3 Å². The first-order valence-corrected chi connectivity index (χ1v) is 10.1. The summed E-state index contributed by atoms with van der Waals surface area (Å²) in [4.78, 5) is 29.7. The van der Waals surface area contributed by atoms with E-state index >= 15 is 0 Å². The molecule has 0 saturated carbocycles. The van der Waals surface area contributed by atoms with Crippen molar-refractivity contribution in [3.05, 3.63) is 70.9 Å². The maximum absolute atomic E-state index is 12.8. The number of carbonyl (C=O) groups excluding carboxylic acids is 2. The van der Waals surface area contributed by atoms with Crippen LogP contribution >= 0.6 is 0 Å². The second-order valence-electron chi connectivity index (χ2n) is 7.16. The molecule has 0 saturated heterocycles. The van der Waals surface area contributed by atoms with Gasteiger partial charge in [-0.15, -0.1) is 0 Å². The Morgan fingerprint density at radius 3 is 2.67 bits per heavy atom. The number of benzene rings is 2. The van der Waals surface area contributed by atoms with Gasteiger partial charge in [0.05, 0.1) is 16.8 Å². The lowest BCUT2D eigenvalue weighted by atomic mass is 10.1. The Hall–Kier alpha value is -3.25. The summed E-state index contributed by atoms with van der Waals surface area (Å²) in [6.45, 7) is 7.60. The summed E-state index contributed by atoms with van der Waals surface area (Å²) in [5.41, 5.74) is 4.22. The number of fused-ring (bicyclic) bond motifs is 1. The Morgan fingerprint density at radius 2 is 1.87 bits per heavy atom. The molecule has 2 N–H and O–H groups in total. The van der Waals surface area contributed by atoms with Gasteiger partial charge < -0.3 is 15.4 Å². The maximum Gasteiger partial charge on any atom is 0.257 e. The van der Waals surface area contributed by atoms with Crippen LogP contribution in [0.4, 0.5) is 5.69 Å². The summed E-state index contributed by atoms with van der Waals surface area (Å²) in [5, 5.41) is 6.65. The maximum atomic E-state index is 12.8. The molecule has 0 unspecified atom stereocenters. The number of hydrogen-bond acceptors (Lipinski definition) is 4. The van der Waals surface area contributed by atoms with Crippen LogP contribution in [0.2, 0.25) is 0 Å². The highest BCUT2D eigenvalue weighted by molar-refractivity contribution is 6.07. The first-order chi connectivity index (χ1) is 14.5. The second kappa shape index (κ2) is 9.98. The van der Waals surface area contributed by atoms with Crippen molar-refractivity contribution in [3.8, 4) is 0 Å². The van der Waals surface area contributed by atoms with Crippen molar-refractivity contribution in [3.63, 3.8) is 0 Å². The van der Waals surface area contributed by atoms with Crippen LogP contribution in [-0.2, 0) is 4.74 Å². The molecule has 3 aromatic rings. The van der Waals surface area contributed by atoms with E-state index in [4.69, 9.17) is 4.74 Å². The predicted molar refractivity (Wildman–Crippen MR) is 119 cm³/mol. The van der Waals surface area contributed by atoms with Gasteiger partial charge in [0.25, 0.3) is 11.8 Å². The molecule has 2 aromatic carbocycles. The molecule has 30 heavy (non-hydrogen) atoms. The lowest BCUT2D eigenvalue weighted by molar-refractivity contribution is 0.0943. The quantitative estimate of drug-likeness (QED) is 0.549. The molecular weight excluding hydrogens is 378 g/mol. The van der Waals surface area contributed by atoms with E-state index in [1.807, 2.05) is 45.0 Å². The smallest absolute Gasteiger partial charge is 0.257 e. The molecule has 0 aliphatic heterocycles. The number of ether oxygens (including phenoxy) is 1. The number of anilines is 1. The molecule has 156 valence electrons. The van der Waals surface area contributed by atoms with E-state index < -0.39 is 0 Å². The summed E-state index contributed by atoms with van der Waals surface area (Å²) in [5.74, 6) is -0.432. The topological polar surface area (TPSA) is 80.3 Å². The van der Waals surface area contributed by atoms with Crippen LogP contribution < -0.4 is 10.6 Å². The van der Waals surface area contributed by atoms with Crippen molar-refractivity contribution in [2.24, 2.45) is 0 Å². The molecule has 0 fully saturated rings. The summed E-state index contributed by atoms with van der Waals surface area (Å²) in [7, 11) is 0. The van der Waals surface area contributed by atoms with Crippen LogP contribution in [0.15, 0.2) is 48.5 Å². The Morgan fingerprint density at radius 1 is 1.03 bits per heavy atom. The number of amides is 2. The molecule has 0 aliphatic carbocycles. The molecule has 2 amide bonds. The zero-order chi connectivity index (χ0) is 21.5. The summed E-state index contributed by atoms with van der Waals surface area (Å²) in [6, 6.07) is 14.7. The molecule has 0 bridgehead atoms. The summed E-state index contributed by atoms with van der Waals surface area (Å²) >= 11 is 0. The number of aryl methyl sites for hydroxylation is 2. The Labute approximate surface area is 176 Å². The Bertz CT molecular complexity index is 1060. The number of carbonyl (C=O) groups is 2. The van der Waals surface area contributed by atoms with Gasteiger partial charge in [0, 0.05) is 36.4 Å². The third-order valence-corrected chi connectivity index (χ3v) is 4.75. The van der Waals surface area contributed by atoms with Crippen molar-refractivity contribution in [1.29, 1.82) is 0 Å². The molecular formula is C24H27N3O3. The van der Waals surface area contributed by atoms with Gasteiger partial charge in [-0.2, -0.15) is 0 Å². The number of nitrogens with one attached hydrogen (secondary N) is 2. The van der Waals surface area contributed by atoms with Gasteiger partial charge >= 0.3 is 0 Å². The predicted octanol–water partition coefficient (Wildman–Crippen LogP) is 4.26. The molecule has 6 nitrogen and oxygen atoms in total. The Kier molecular flexibility index (Phi) is 7.14. The molecule has 0 aliphatic rings. The summed E-state index contributed by atoms with van der Waals surface area (Å²) < 4.78 is 5.26.